The Labute approximate surface area is 164 Å². The van der Waals surface area contributed by atoms with E-state index < -0.39 is 0 Å². The molecule has 0 aliphatic carbocycles. The van der Waals surface area contributed by atoms with Gasteiger partial charge in [-0.1, -0.05) is 23.2 Å². The van der Waals surface area contributed by atoms with E-state index in [1.165, 1.54) is 0 Å². The molecular formula is C19H25Cl2N3O2. The molecule has 142 valence electrons. The molecule has 1 heterocycles. The first-order valence-corrected chi connectivity index (χ1v) is 9.44. The molecule has 1 aromatic heterocycles. The van der Waals surface area contributed by atoms with Crippen molar-refractivity contribution in [3.8, 4) is 5.69 Å². The Morgan fingerprint density at radius 3 is 2.69 bits per heavy atom. The Bertz CT molecular complexity index is 772. The molecule has 2 aromatic rings. The highest BCUT2D eigenvalue weighted by molar-refractivity contribution is 6.35. The summed E-state index contributed by atoms with van der Waals surface area (Å²) in [4.78, 5) is 12.2. The van der Waals surface area contributed by atoms with Gasteiger partial charge in [-0.15, -0.1) is 0 Å². The summed E-state index contributed by atoms with van der Waals surface area (Å²) in [6, 6.07) is 5.27. The van der Waals surface area contributed by atoms with Gasteiger partial charge in [0, 0.05) is 29.4 Å². The quantitative estimate of drug-likeness (QED) is 0.676. The number of nitrogens with one attached hydrogen (secondary N) is 1. The fourth-order valence-electron chi connectivity index (χ4n) is 2.66. The van der Waals surface area contributed by atoms with Crippen LogP contribution in [0.25, 0.3) is 5.69 Å². The van der Waals surface area contributed by atoms with Gasteiger partial charge in [-0.25, -0.2) is 4.68 Å². The van der Waals surface area contributed by atoms with Crippen molar-refractivity contribution < 1.29 is 9.53 Å². The van der Waals surface area contributed by atoms with Gasteiger partial charge in [-0.3, -0.25) is 4.79 Å². The van der Waals surface area contributed by atoms with Crippen molar-refractivity contribution in [1.82, 2.24) is 15.1 Å². The molecule has 7 heteroatoms. The molecular weight excluding hydrogens is 373 g/mol. The van der Waals surface area contributed by atoms with Gasteiger partial charge in [0.25, 0.3) is 0 Å². The van der Waals surface area contributed by atoms with Gasteiger partial charge in [0.15, 0.2) is 0 Å². The monoisotopic (exact) mass is 397 g/mol. The Morgan fingerprint density at radius 1 is 1.31 bits per heavy atom. The standard InChI is InChI=1S/C19H25Cl2N3O2/c1-12(2)26-9-5-8-22-19(25)11-16-13(3)23-24(14(16)4)18-7-6-15(20)10-17(18)21/h6-7,10,12H,5,8-9,11H2,1-4H3,(H,22,25). The summed E-state index contributed by atoms with van der Waals surface area (Å²) in [5.41, 5.74) is 3.36. The molecule has 5 nitrogen and oxygen atoms in total. The third-order valence-corrected chi connectivity index (χ3v) is 4.55. The van der Waals surface area contributed by atoms with Gasteiger partial charge >= 0.3 is 0 Å². The van der Waals surface area contributed by atoms with Gasteiger partial charge in [0.2, 0.25) is 5.91 Å². The number of aryl methyl sites for hydroxylation is 1. The predicted molar refractivity (Wildman–Crippen MR) is 105 cm³/mol. The number of carbonyl (C=O) groups excluding carboxylic acids is 1. The number of nitrogens with zero attached hydrogens (tertiary/aromatic N) is 2. The highest BCUT2D eigenvalue weighted by Gasteiger charge is 2.17. The van der Waals surface area contributed by atoms with E-state index in [0.717, 1.165) is 29.1 Å². The summed E-state index contributed by atoms with van der Waals surface area (Å²) in [6.07, 6.45) is 1.29. The van der Waals surface area contributed by atoms with E-state index in [-0.39, 0.29) is 18.4 Å². The average molecular weight is 398 g/mol. The van der Waals surface area contributed by atoms with E-state index >= 15 is 0 Å². The SMILES string of the molecule is Cc1nn(-c2ccc(Cl)cc2Cl)c(C)c1CC(=O)NCCCOC(C)C. The van der Waals surface area contributed by atoms with Crippen molar-refractivity contribution in [2.45, 2.75) is 46.6 Å². The lowest BCUT2D eigenvalue weighted by atomic mass is 10.1. The molecule has 0 spiro atoms. The summed E-state index contributed by atoms with van der Waals surface area (Å²) in [6.45, 7) is 9.06. The van der Waals surface area contributed by atoms with Crippen molar-refractivity contribution >= 4 is 29.1 Å². The minimum atomic E-state index is -0.0255. The van der Waals surface area contributed by atoms with Crippen molar-refractivity contribution in [2.24, 2.45) is 0 Å². The average Bonchev–Trinajstić information content (AvgIpc) is 2.82. The van der Waals surface area contributed by atoms with Crippen LogP contribution in [-0.2, 0) is 16.0 Å². The molecule has 1 N–H and O–H groups in total. The Morgan fingerprint density at radius 2 is 2.04 bits per heavy atom. The summed E-state index contributed by atoms with van der Waals surface area (Å²) < 4.78 is 7.22. The Hall–Kier alpha value is -1.56. The van der Waals surface area contributed by atoms with Gasteiger partial charge in [-0.2, -0.15) is 5.10 Å². The number of halogens is 2. The zero-order chi connectivity index (χ0) is 19.3. The van der Waals surface area contributed by atoms with Crippen LogP contribution in [0.3, 0.4) is 0 Å². The minimum absolute atomic E-state index is 0.0255. The smallest absolute Gasteiger partial charge is 0.224 e. The topological polar surface area (TPSA) is 56.2 Å². The number of benzene rings is 1. The number of carbonyl (C=O) groups is 1. The molecule has 0 bridgehead atoms. The second-order valence-corrected chi connectivity index (χ2v) is 7.30. The molecule has 0 atom stereocenters. The number of hydrogen-bond donors (Lipinski definition) is 1. The number of aromatic nitrogens is 2. The Kier molecular flexibility index (Phi) is 7.50. The lowest BCUT2D eigenvalue weighted by Crippen LogP contribution is -2.27. The number of hydrogen-bond acceptors (Lipinski definition) is 3. The van der Waals surface area contributed by atoms with Gasteiger partial charge in [0.05, 0.1) is 28.9 Å². The fourth-order valence-corrected chi connectivity index (χ4v) is 3.15. The first-order chi connectivity index (χ1) is 12.3. The lowest BCUT2D eigenvalue weighted by Gasteiger charge is -2.09. The minimum Gasteiger partial charge on any atom is -0.379 e. The van der Waals surface area contributed by atoms with Crippen molar-refractivity contribution in [3.05, 3.63) is 45.2 Å². The first kappa shape index (κ1) is 20.7. The second-order valence-electron chi connectivity index (χ2n) is 6.46. The highest BCUT2D eigenvalue weighted by Crippen LogP contribution is 2.27. The zero-order valence-electron chi connectivity index (χ0n) is 15.6. The van der Waals surface area contributed by atoms with Crippen LogP contribution < -0.4 is 5.32 Å². The molecule has 0 saturated carbocycles. The maximum atomic E-state index is 12.2. The normalized spacial score (nSPS) is 11.2. The van der Waals surface area contributed by atoms with Crippen LogP contribution in [0.15, 0.2) is 18.2 Å². The number of amides is 1. The van der Waals surface area contributed by atoms with Crippen LogP contribution in [0.4, 0.5) is 0 Å². The predicted octanol–water partition coefficient (Wildman–Crippen LogP) is 4.27. The molecule has 0 aliphatic rings. The molecule has 26 heavy (non-hydrogen) atoms. The van der Waals surface area contributed by atoms with E-state index in [9.17, 15) is 4.79 Å². The molecule has 0 radical (unpaired) electrons. The highest BCUT2D eigenvalue weighted by atomic mass is 35.5. The van der Waals surface area contributed by atoms with Crippen molar-refractivity contribution in [1.29, 1.82) is 0 Å². The first-order valence-electron chi connectivity index (χ1n) is 8.68. The summed E-state index contributed by atoms with van der Waals surface area (Å²) >= 11 is 12.2. The van der Waals surface area contributed by atoms with Crippen molar-refractivity contribution in [3.63, 3.8) is 0 Å². The Balaban J connectivity index is 2.02. The second kappa shape index (κ2) is 9.40. The lowest BCUT2D eigenvalue weighted by molar-refractivity contribution is -0.120. The molecule has 2 rings (SSSR count). The summed E-state index contributed by atoms with van der Waals surface area (Å²) in [5, 5.41) is 8.56. The fraction of sp³-hybridized carbons (Fsp3) is 0.474. The van der Waals surface area contributed by atoms with Crippen LogP contribution in [0.2, 0.25) is 10.0 Å². The van der Waals surface area contributed by atoms with Crippen LogP contribution in [0.1, 0.15) is 37.2 Å². The largest absolute Gasteiger partial charge is 0.379 e. The molecule has 0 saturated heterocycles. The van der Waals surface area contributed by atoms with Crippen LogP contribution >= 0.6 is 23.2 Å². The van der Waals surface area contributed by atoms with E-state index in [1.54, 1.807) is 16.8 Å². The molecule has 0 unspecified atom stereocenters. The van der Waals surface area contributed by atoms with Gasteiger partial charge < -0.3 is 10.1 Å². The zero-order valence-corrected chi connectivity index (χ0v) is 17.1. The van der Waals surface area contributed by atoms with Gasteiger partial charge in [-0.05, 0) is 52.3 Å². The van der Waals surface area contributed by atoms with Crippen LogP contribution in [-0.4, -0.2) is 34.9 Å². The molecule has 1 aromatic carbocycles. The van der Waals surface area contributed by atoms with Crippen molar-refractivity contribution in [2.75, 3.05) is 13.2 Å². The molecule has 1 amide bonds. The van der Waals surface area contributed by atoms with E-state index in [0.29, 0.717) is 23.2 Å². The maximum absolute atomic E-state index is 12.2. The molecule has 0 aliphatic heterocycles. The number of rotatable bonds is 8. The maximum Gasteiger partial charge on any atom is 0.224 e. The molecule has 0 fully saturated rings. The van der Waals surface area contributed by atoms with E-state index in [1.807, 2.05) is 33.8 Å². The van der Waals surface area contributed by atoms with Crippen LogP contribution in [0.5, 0.6) is 0 Å². The number of ether oxygens (including phenoxy) is 1. The summed E-state index contributed by atoms with van der Waals surface area (Å²) in [7, 11) is 0. The third kappa shape index (κ3) is 5.47. The van der Waals surface area contributed by atoms with E-state index in [2.05, 4.69) is 10.4 Å². The summed E-state index contributed by atoms with van der Waals surface area (Å²) in [5.74, 6) is -0.0255. The third-order valence-electron chi connectivity index (χ3n) is 4.01. The van der Waals surface area contributed by atoms with Crippen LogP contribution in [0, 0.1) is 13.8 Å². The van der Waals surface area contributed by atoms with Gasteiger partial charge in [0.1, 0.15) is 0 Å². The van der Waals surface area contributed by atoms with E-state index in [4.69, 9.17) is 27.9 Å².